The van der Waals surface area contributed by atoms with Gasteiger partial charge in [-0.2, -0.15) is 18.2 Å². The Labute approximate surface area is 150 Å². The van der Waals surface area contributed by atoms with Gasteiger partial charge in [-0.15, -0.1) is 0 Å². The fraction of sp³-hybridized carbons (Fsp3) is 0.444. The number of rotatable bonds is 4. The SMILES string of the molecule is CCN1CCN(c2nc(C)cc(Nc3ccc(C(F)(F)F)cc3)n2)CC1. The van der Waals surface area contributed by atoms with E-state index in [0.717, 1.165) is 50.6 Å². The highest BCUT2D eigenvalue weighted by Gasteiger charge is 2.30. The molecule has 1 aliphatic heterocycles. The number of hydrogen-bond acceptors (Lipinski definition) is 5. The second kappa shape index (κ2) is 7.49. The van der Waals surface area contributed by atoms with Crippen molar-refractivity contribution < 1.29 is 13.2 Å². The average Bonchev–Trinajstić information content (AvgIpc) is 2.61. The first-order valence-electron chi connectivity index (χ1n) is 8.62. The lowest BCUT2D eigenvalue weighted by atomic mass is 10.2. The molecule has 1 N–H and O–H groups in total. The van der Waals surface area contributed by atoms with Crippen LogP contribution in [0.15, 0.2) is 30.3 Å². The van der Waals surface area contributed by atoms with Gasteiger partial charge in [0.25, 0.3) is 0 Å². The lowest BCUT2D eigenvalue weighted by Gasteiger charge is -2.34. The van der Waals surface area contributed by atoms with Crippen LogP contribution in [0.3, 0.4) is 0 Å². The van der Waals surface area contributed by atoms with E-state index < -0.39 is 11.7 Å². The monoisotopic (exact) mass is 365 g/mol. The smallest absolute Gasteiger partial charge is 0.340 e. The Balaban J connectivity index is 1.74. The van der Waals surface area contributed by atoms with Crippen LogP contribution in [-0.2, 0) is 6.18 Å². The van der Waals surface area contributed by atoms with Gasteiger partial charge >= 0.3 is 6.18 Å². The lowest BCUT2D eigenvalue weighted by molar-refractivity contribution is -0.137. The fourth-order valence-corrected chi connectivity index (χ4v) is 2.91. The van der Waals surface area contributed by atoms with E-state index in [2.05, 4.69) is 32.0 Å². The number of likely N-dealkylation sites (N-methyl/N-ethyl adjacent to an activating group) is 1. The normalized spacial score (nSPS) is 16.0. The Kier molecular flexibility index (Phi) is 5.31. The van der Waals surface area contributed by atoms with Crippen molar-refractivity contribution in [2.45, 2.75) is 20.0 Å². The summed E-state index contributed by atoms with van der Waals surface area (Å²) >= 11 is 0. The molecule has 26 heavy (non-hydrogen) atoms. The van der Waals surface area contributed by atoms with Crippen LogP contribution in [0, 0.1) is 6.92 Å². The van der Waals surface area contributed by atoms with Crippen molar-refractivity contribution in [3.63, 3.8) is 0 Å². The number of nitrogens with zero attached hydrogens (tertiary/aromatic N) is 4. The third kappa shape index (κ3) is 4.43. The van der Waals surface area contributed by atoms with Gasteiger partial charge in [0.1, 0.15) is 5.82 Å². The number of hydrogen-bond donors (Lipinski definition) is 1. The number of aromatic nitrogens is 2. The summed E-state index contributed by atoms with van der Waals surface area (Å²) in [6.07, 6.45) is -4.34. The number of alkyl halides is 3. The second-order valence-corrected chi connectivity index (χ2v) is 6.32. The molecule has 1 aliphatic rings. The lowest BCUT2D eigenvalue weighted by Crippen LogP contribution is -2.46. The van der Waals surface area contributed by atoms with Crippen molar-refractivity contribution in [3.8, 4) is 0 Å². The van der Waals surface area contributed by atoms with E-state index in [9.17, 15) is 13.2 Å². The number of piperazine rings is 1. The molecule has 2 heterocycles. The quantitative estimate of drug-likeness (QED) is 0.895. The van der Waals surface area contributed by atoms with Gasteiger partial charge in [-0.05, 0) is 37.7 Å². The van der Waals surface area contributed by atoms with Crippen LogP contribution in [0.4, 0.5) is 30.6 Å². The molecule has 0 atom stereocenters. The minimum atomic E-state index is -4.34. The third-order valence-electron chi connectivity index (χ3n) is 4.43. The summed E-state index contributed by atoms with van der Waals surface area (Å²) in [6.45, 7) is 8.71. The van der Waals surface area contributed by atoms with Crippen molar-refractivity contribution in [2.75, 3.05) is 42.9 Å². The van der Waals surface area contributed by atoms with Crippen molar-refractivity contribution in [3.05, 3.63) is 41.6 Å². The number of aryl methyl sites for hydroxylation is 1. The maximum absolute atomic E-state index is 12.7. The molecular weight excluding hydrogens is 343 g/mol. The summed E-state index contributed by atoms with van der Waals surface area (Å²) in [5.74, 6) is 1.22. The largest absolute Gasteiger partial charge is 0.416 e. The first-order chi connectivity index (χ1) is 12.3. The van der Waals surface area contributed by atoms with E-state index in [1.807, 2.05) is 6.92 Å². The van der Waals surface area contributed by atoms with Crippen LogP contribution < -0.4 is 10.2 Å². The zero-order valence-electron chi connectivity index (χ0n) is 14.8. The summed E-state index contributed by atoms with van der Waals surface area (Å²) in [4.78, 5) is 13.5. The molecule has 0 aliphatic carbocycles. The molecular formula is C18H22F3N5. The summed E-state index contributed by atoms with van der Waals surface area (Å²) < 4.78 is 38.0. The summed E-state index contributed by atoms with van der Waals surface area (Å²) in [6, 6.07) is 6.70. The molecule has 1 aromatic heterocycles. The molecule has 3 rings (SSSR count). The minimum absolute atomic E-state index is 0.554. The molecule has 1 aromatic carbocycles. The van der Waals surface area contributed by atoms with Gasteiger partial charge in [0, 0.05) is 43.6 Å². The van der Waals surface area contributed by atoms with Gasteiger partial charge in [0.15, 0.2) is 0 Å². The van der Waals surface area contributed by atoms with Crippen LogP contribution >= 0.6 is 0 Å². The van der Waals surface area contributed by atoms with Gasteiger partial charge in [-0.1, -0.05) is 6.92 Å². The Hall–Kier alpha value is -2.35. The maximum atomic E-state index is 12.7. The number of anilines is 3. The zero-order valence-corrected chi connectivity index (χ0v) is 14.8. The number of benzene rings is 1. The summed E-state index contributed by atoms with van der Waals surface area (Å²) in [5, 5.41) is 3.07. The minimum Gasteiger partial charge on any atom is -0.340 e. The van der Waals surface area contributed by atoms with E-state index in [0.29, 0.717) is 17.5 Å². The first-order valence-corrected chi connectivity index (χ1v) is 8.62. The number of halogens is 3. The Bertz CT molecular complexity index is 737. The van der Waals surface area contributed by atoms with Crippen molar-refractivity contribution in [1.29, 1.82) is 0 Å². The van der Waals surface area contributed by atoms with Gasteiger partial charge in [0.2, 0.25) is 5.95 Å². The van der Waals surface area contributed by atoms with Gasteiger partial charge in [-0.3, -0.25) is 0 Å². The van der Waals surface area contributed by atoms with E-state index in [-0.39, 0.29) is 0 Å². The molecule has 2 aromatic rings. The molecule has 0 spiro atoms. The standard InChI is InChI=1S/C18H22F3N5/c1-3-25-8-10-26(11-9-25)17-22-13(2)12-16(24-17)23-15-6-4-14(5-7-15)18(19,20)21/h4-7,12H,3,8-11H2,1-2H3,(H,22,23,24). The molecule has 0 amide bonds. The van der Waals surface area contributed by atoms with Crippen LogP contribution in [0.2, 0.25) is 0 Å². The van der Waals surface area contributed by atoms with Crippen molar-refractivity contribution in [2.24, 2.45) is 0 Å². The molecule has 1 saturated heterocycles. The Morgan fingerprint density at radius 1 is 1.04 bits per heavy atom. The van der Waals surface area contributed by atoms with E-state index in [1.165, 1.54) is 12.1 Å². The molecule has 0 radical (unpaired) electrons. The highest BCUT2D eigenvalue weighted by atomic mass is 19.4. The predicted molar refractivity (Wildman–Crippen MR) is 95.8 cm³/mol. The fourth-order valence-electron chi connectivity index (χ4n) is 2.91. The maximum Gasteiger partial charge on any atom is 0.416 e. The zero-order chi connectivity index (χ0) is 18.7. The van der Waals surface area contributed by atoms with Gasteiger partial charge in [-0.25, -0.2) is 4.98 Å². The molecule has 0 unspecified atom stereocenters. The summed E-state index contributed by atoms with van der Waals surface area (Å²) in [5.41, 5.74) is 0.691. The Morgan fingerprint density at radius 2 is 1.69 bits per heavy atom. The van der Waals surface area contributed by atoms with Crippen LogP contribution in [-0.4, -0.2) is 47.6 Å². The summed E-state index contributed by atoms with van der Waals surface area (Å²) in [7, 11) is 0. The van der Waals surface area contributed by atoms with E-state index >= 15 is 0 Å². The molecule has 0 bridgehead atoms. The molecule has 8 heteroatoms. The van der Waals surface area contributed by atoms with Crippen molar-refractivity contribution in [1.82, 2.24) is 14.9 Å². The predicted octanol–water partition coefficient (Wildman–Crippen LogP) is 3.69. The van der Waals surface area contributed by atoms with Crippen LogP contribution in [0.1, 0.15) is 18.2 Å². The van der Waals surface area contributed by atoms with Crippen molar-refractivity contribution >= 4 is 17.5 Å². The Morgan fingerprint density at radius 3 is 2.27 bits per heavy atom. The van der Waals surface area contributed by atoms with E-state index in [1.54, 1.807) is 6.07 Å². The molecule has 0 saturated carbocycles. The van der Waals surface area contributed by atoms with Gasteiger partial charge < -0.3 is 15.1 Å². The first kappa shape index (κ1) is 18.4. The average molecular weight is 365 g/mol. The molecule has 140 valence electrons. The van der Waals surface area contributed by atoms with E-state index in [4.69, 9.17) is 0 Å². The van der Waals surface area contributed by atoms with Crippen LogP contribution in [0.5, 0.6) is 0 Å². The number of nitrogens with one attached hydrogen (secondary N) is 1. The second-order valence-electron chi connectivity index (χ2n) is 6.32. The molecule has 1 fully saturated rings. The highest BCUT2D eigenvalue weighted by Crippen LogP contribution is 2.30. The van der Waals surface area contributed by atoms with Gasteiger partial charge in [0.05, 0.1) is 5.56 Å². The van der Waals surface area contributed by atoms with Crippen LogP contribution in [0.25, 0.3) is 0 Å². The topological polar surface area (TPSA) is 44.3 Å². The molecule has 5 nitrogen and oxygen atoms in total. The third-order valence-corrected chi connectivity index (χ3v) is 4.43. The highest BCUT2D eigenvalue weighted by molar-refractivity contribution is 5.58.